The number of halogens is 2. The molecule has 0 saturated carbocycles. The summed E-state index contributed by atoms with van der Waals surface area (Å²) in [6.07, 6.45) is 0. The Morgan fingerprint density at radius 1 is 1.12 bits per heavy atom. The van der Waals surface area contributed by atoms with Crippen molar-refractivity contribution >= 4 is 23.2 Å². The summed E-state index contributed by atoms with van der Waals surface area (Å²) in [6.45, 7) is 2.59. The maximum atomic E-state index is 5.82. The lowest BCUT2D eigenvalue weighted by molar-refractivity contribution is 0.340. The smallest absolute Gasteiger partial charge is 0.224 e. The van der Waals surface area contributed by atoms with Gasteiger partial charge < -0.3 is 4.74 Å². The van der Waals surface area contributed by atoms with Crippen molar-refractivity contribution in [1.82, 2.24) is 9.97 Å². The standard InChI is InChI=1S/C12H10Cl2N2O/c1-2-17-9-5-3-8(4-6-9)10-7-11(13)16-12(14)15-10/h3-7H,2H2,1H3. The summed E-state index contributed by atoms with van der Waals surface area (Å²) in [6, 6.07) is 9.23. The highest BCUT2D eigenvalue weighted by Crippen LogP contribution is 2.23. The van der Waals surface area contributed by atoms with Crippen molar-refractivity contribution in [3.8, 4) is 17.0 Å². The van der Waals surface area contributed by atoms with Gasteiger partial charge in [-0.05, 0) is 42.8 Å². The van der Waals surface area contributed by atoms with Crippen LogP contribution in [0.4, 0.5) is 0 Å². The molecule has 0 saturated heterocycles. The van der Waals surface area contributed by atoms with Crippen molar-refractivity contribution in [2.75, 3.05) is 6.61 Å². The molecule has 2 aromatic rings. The van der Waals surface area contributed by atoms with Crippen LogP contribution in [-0.2, 0) is 0 Å². The Hall–Kier alpha value is -1.32. The molecular weight excluding hydrogens is 259 g/mol. The number of rotatable bonds is 3. The van der Waals surface area contributed by atoms with E-state index in [1.807, 2.05) is 31.2 Å². The van der Waals surface area contributed by atoms with Gasteiger partial charge in [0.15, 0.2) is 0 Å². The lowest BCUT2D eigenvalue weighted by Gasteiger charge is -2.05. The van der Waals surface area contributed by atoms with Crippen LogP contribution in [0, 0.1) is 0 Å². The van der Waals surface area contributed by atoms with Gasteiger partial charge in [0, 0.05) is 11.6 Å². The van der Waals surface area contributed by atoms with E-state index in [1.165, 1.54) is 0 Å². The van der Waals surface area contributed by atoms with E-state index in [0.717, 1.165) is 11.3 Å². The van der Waals surface area contributed by atoms with Gasteiger partial charge in [-0.25, -0.2) is 9.97 Å². The molecule has 5 heteroatoms. The van der Waals surface area contributed by atoms with Gasteiger partial charge in [0.2, 0.25) is 5.28 Å². The largest absolute Gasteiger partial charge is 0.494 e. The van der Waals surface area contributed by atoms with E-state index in [2.05, 4.69) is 9.97 Å². The van der Waals surface area contributed by atoms with Crippen LogP contribution < -0.4 is 4.74 Å². The van der Waals surface area contributed by atoms with E-state index >= 15 is 0 Å². The lowest BCUT2D eigenvalue weighted by atomic mass is 10.1. The summed E-state index contributed by atoms with van der Waals surface area (Å²) in [5.41, 5.74) is 1.61. The first-order valence-corrected chi connectivity index (χ1v) is 5.88. The third-order valence-electron chi connectivity index (χ3n) is 2.13. The third kappa shape index (κ3) is 3.08. The highest BCUT2D eigenvalue weighted by Gasteiger charge is 2.04. The first kappa shape index (κ1) is 12.1. The van der Waals surface area contributed by atoms with E-state index < -0.39 is 0 Å². The minimum Gasteiger partial charge on any atom is -0.494 e. The van der Waals surface area contributed by atoms with Crippen LogP contribution in [0.1, 0.15) is 6.92 Å². The number of benzene rings is 1. The molecule has 1 aromatic carbocycles. The number of aromatic nitrogens is 2. The predicted molar refractivity (Wildman–Crippen MR) is 68.7 cm³/mol. The van der Waals surface area contributed by atoms with Crippen LogP contribution in [0.3, 0.4) is 0 Å². The summed E-state index contributed by atoms with van der Waals surface area (Å²) < 4.78 is 5.36. The van der Waals surface area contributed by atoms with Gasteiger partial charge in [0.25, 0.3) is 0 Å². The summed E-state index contributed by atoms with van der Waals surface area (Å²) in [5.74, 6) is 0.822. The van der Waals surface area contributed by atoms with Crippen molar-refractivity contribution in [1.29, 1.82) is 0 Å². The van der Waals surface area contributed by atoms with Gasteiger partial charge in [-0.3, -0.25) is 0 Å². The van der Waals surface area contributed by atoms with Crippen LogP contribution >= 0.6 is 23.2 Å². The van der Waals surface area contributed by atoms with E-state index in [0.29, 0.717) is 17.5 Å². The summed E-state index contributed by atoms with van der Waals surface area (Å²) >= 11 is 11.6. The minimum atomic E-state index is 0.140. The molecule has 0 atom stereocenters. The maximum Gasteiger partial charge on any atom is 0.224 e. The second-order valence-electron chi connectivity index (χ2n) is 3.30. The average Bonchev–Trinajstić information content (AvgIpc) is 2.29. The Labute approximate surface area is 109 Å². The fourth-order valence-electron chi connectivity index (χ4n) is 1.43. The summed E-state index contributed by atoms with van der Waals surface area (Å²) in [4.78, 5) is 7.91. The normalized spacial score (nSPS) is 10.3. The fraction of sp³-hybridized carbons (Fsp3) is 0.167. The number of hydrogen-bond acceptors (Lipinski definition) is 3. The van der Waals surface area contributed by atoms with Gasteiger partial charge in [-0.15, -0.1) is 0 Å². The van der Waals surface area contributed by atoms with Crippen molar-refractivity contribution in [2.24, 2.45) is 0 Å². The van der Waals surface area contributed by atoms with Crippen molar-refractivity contribution < 1.29 is 4.74 Å². The molecule has 88 valence electrons. The SMILES string of the molecule is CCOc1ccc(-c2cc(Cl)nc(Cl)n2)cc1. The van der Waals surface area contributed by atoms with Gasteiger partial charge >= 0.3 is 0 Å². The zero-order valence-electron chi connectivity index (χ0n) is 9.15. The van der Waals surface area contributed by atoms with Crippen molar-refractivity contribution in [3.63, 3.8) is 0 Å². The molecule has 0 N–H and O–H groups in total. The Balaban J connectivity index is 2.32. The molecule has 1 heterocycles. The molecule has 0 aliphatic rings. The molecule has 0 fully saturated rings. The van der Waals surface area contributed by atoms with Crippen LogP contribution in [-0.4, -0.2) is 16.6 Å². The second kappa shape index (κ2) is 5.34. The molecule has 0 aliphatic carbocycles. The molecule has 1 aromatic heterocycles. The third-order valence-corrected chi connectivity index (χ3v) is 2.49. The lowest BCUT2D eigenvalue weighted by Crippen LogP contribution is -1.92. The van der Waals surface area contributed by atoms with Gasteiger partial charge in [-0.1, -0.05) is 11.6 Å². The monoisotopic (exact) mass is 268 g/mol. The number of ether oxygens (including phenoxy) is 1. The van der Waals surface area contributed by atoms with Crippen LogP contribution in [0.15, 0.2) is 30.3 Å². The quantitative estimate of drug-likeness (QED) is 0.627. The zero-order valence-corrected chi connectivity index (χ0v) is 10.7. The van der Waals surface area contributed by atoms with E-state index in [1.54, 1.807) is 6.07 Å². The average molecular weight is 269 g/mol. The highest BCUT2D eigenvalue weighted by atomic mass is 35.5. The first-order valence-electron chi connectivity index (χ1n) is 5.12. The topological polar surface area (TPSA) is 35.0 Å². The molecule has 0 aliphatic heterocycles. The number of hydrogen-bond donors (Lipinski definition) is 0. The molecule has 17 heavy (non-hydrogen) atoms. The molecule has 2 rings (SSSR count). The molecular formula is C12H10Cl2N2O. The van der Waals surface area contributed by atoms with Crippen LogP contribution in [0.5, 0.6) is 5.75 Å². The molecule has 3 nitrogen and oxygen atoms in total. The summed E-state index contributed by atoms with van der Waals surface area (Å²) in [5, 5.41) is 0.468. The van der Waals surface area contributed by atoms with Gasteiger partial charge in [0.1, 0.15) is 10.9 Å². The van der Waals surface area contributed by atoms with E-state index in [9.17, 15) is 0 Å². The maximum absolute atomic E-state index is 5.82. The van der Waals surface area contributed by atoms with E-state index in [-0.39, 0.29) is 5.28 Å². The molecule has 0 radical (unpaired) electrons. The summed E-state index contributed by atoms with van der Waals surface area (Å²) in [7, 11) is 0. The van der Waals surface area contributed by atoms with Gasteiger partial charge in [0.05, 0.1) is 12.3 Å². The van der Waals surface area contributed by atoms with Gasteiger partial charge in [-0.2, -0.15) is 0 Å². The highest BCUT2D eigenvalue weighted by molar-refractivity contribution is 6.32. The molecule has 0 amide bonds. The Bertz CT molecular complexity index is 494. The number of nitrogens with zero attached hydrogens (tertiary/aromatic N) is 2. The molecule has 0 unspecified atom stereocenters. The van der Waals surface area contributed by atoms with Crippen molar-refractivity contribution in [3.05, 3.63) is 40.8 Å². The van der Waals surface area contributed by atoms with Crippen LogP contribution in [0.25, 0.3) is 11.3 Å². The van der Waals surface area contributed by atoms with Crippen molar-refractivity contribution in [2.45, 2.75) is 6.92 Å². The fourth-order valence-corrected chi connectivity index (χ4v) is 1.84. The predicted octanol–water partition coefficient (Wildman–Crippen LogP) is 3.85. The zero-order chi connectivity index (χ0) is 12.3. The molecule has 0 bridgehead atoms. The first-order chi connectivity index (χ1) is 8.19. The second-order valence-corrected chi connectivity index (χ2v) is 4.03. The molecule has 0 spiro atoms. The van der Waals surface area contributed by atoms with E-state index in [4.69, 9.17) is 27.9 Å². The Kier molecular flexibility index (Phi) is 3.82. The van der Waals surface area contributed by atoms with Crippen LogP contribution in [0.2, 0.25) is 10.4 Å². The Morgan fingerprint density at radius 3 is 2.41 bits per heavy atom. The minimum absolute atomic E-state index is 0.140. The Morgan fingerprint density at radius 2 is 1.82 bits per heavy atom.